The largest absolute Gasteiger partial charge is 0.372 e. The van der Waals surface area contributed by atoms with E-state index in [1.807, 2.05) is 12.4 Å². The molecule has 6 heteroatoms. The fraction of sp³-hybridized carbons (Fsp3) is 0.364. The normalized spacial score (nSPS) is 10.9. The standard InChI is InChI=1S/C11H13IN4S/c1-6(2)8-7(12)9(13-3)16-10(15-8)11-14-4-5-17-11/h4-6H,1-3H3,(H,13,15,16). The molecule has 0 spiro atoms. The second-order valence-corrected chi connectivity index (χ2v) is 5.81. The van der Waals surface area contributed by atoms with Crippen LogP contribution in [0.5, 0.6) is 0 Å². The Hall–Kier alpha value is -0.760. The summed E-state index contributed by atoms with van der Waals surface area (Å²) in [5, 5.41) is 5.91. The maximum atomic E-state index is 4.61. The van der Waals surface area contributed by atoms with Crippen molar-refractivity contribution in [2.24, 2.45) is 0 Å². The van der Waals surface area contributed by atoms with Crippen molar-refractivity contribution >= 4 is 39.7 Å². The number of hydrogen-bond acceptors (Lipinski definition) is 5. The van der Waals surface area contributed by atoms with E-state index >= 15 is 0 Å². The topological polar surface area (TPSA) is 50.7 Å². The van der Waals surface area contributed by atoms with Gasteiger partial charge in [-0.25, -0.2) is 15.0 Å². The molecular formula is C11H13IN4S. The molecule has 17 heavy (non-hydrogen) atoms. The lowest BCUT2D eigenvalue weighted by Gasteiger charge is -2.12. The maximum Gasteiger partial charge on any atom is 0.190 e. The predicted octanol–water partition coefficient (Wildman–Crippen LogP) is 3.37. The van der Waals surface area contributed by atoms with Gasteiger partial charge in [-0.1, -0.05) is 13.8 Å². The molecule has 90 valence electrons. The van der Waals surface area contributed by atoms with Crippen molar-refractivity contribution in [3.8, 4) is 10.8 Å². The monoisotopic (exact) mass is 360 g/mol. The number of hydrogen-bond donors (Lipinski definition) is 1. The Balaban J connectivity index is 2.59. The highest BCUT2D eigenvalue weighted by atomic mass is 127. The van der Waals surface area contributed by atoms with Crippen molar-refractivity contribution in [2.75, 3.05) is 12.4 Å². The molecule has 2 heterocycles. The molecule has 0 bridgehead atoms. The second-order valence-electron chi connectivity index (χ2n) is 3.84. The van der Waals surface area contributed by atoms with Gasteiger partial charge in [0.05, 0.1) is 9.26 Å². The summed E-state index contributed by atoms with van der Waals surface area (Å²) in [6.45, 7) is 4.27. The molecular weight excluding hydrogens is 347 g/mol. The highest BCUT2D eigenvalue weighted by Gasteiger charge is 2.15. The van der Waals surface area contributed by atoms with Crippen LogP contribution in [0.3, 0.4) is 0 Å². The molecule has 0 aliphatic carbocycles. The highest BCUT2D eigenvalue weighted by Crippen LogP contribution is 2.28. The van der Waals surface area contributed by atoms with Gasteiger partial charge < -0.3 is 5.32 Å². The molecule has 0 amide bonds. The average Bonchev–Trinajstić information content (AvgIpc) is 2.82. The number of halogens is 1. The minimum absolute atomic E-state index is 0.371. The van der Waals surface area contributed by atoms with Crippen LogP contribution in [0.25, 0.3) is 10.8 Å². The summed E-state index contributed by atoms with van der Waals surface area (Å²) in [6.07, 6.45) is 1.77. The van der Waals surface area contributed by atoms with Crippen LogP contribution in [0.4, 0.5) is 5.82 Å². The lowest BCUT2D eigenvalue weighted by molar-refractivity contribution is 0.809. The van der Waals surface area contributed by atoms with E-state index in [2.05, 4.69) is 56.7 Å². The first-order valence-corrected chi connectivity index (χ1v) is 7.24. The van der Waals surface area contributed by atoms with Crippen LogP contribution in [-0.4, -0.2) is 22.0 Å². The van der Waals surface area contributed by atoms with E-state index in [1.54, 1.807) is 17.5 Å². The van der Waals surface area contributed by atoms with Crippen LogP contribution in [-0.2, 0) is 0 Å². The number of nitrogens with one attached hydrogen (secondary N) is 1. The first-order valence-electron chi connectivity index (χ1n) is 5.28. The Kier molecular flexibility index (Phi) is 3.93. The molecule has 0 aliphatic rings. The minimum atomic E-state index is 0.371. The van der Waals surface area contributed by atoms with Crippen molar-refractivity contribution in [2.45, 2.75) is 19.8 Å². The first-order chi connectivity index (χ1) is 8.13. The van der Waals surface area contributed by atoms with Gasteiger partial charge in [-0.15, -0.1) is 11.3 Å². The van der Waals surface area contributed by atoms with E-state index < -0.39 is 0 Å². The Morgan fingerprint density at radius 2 is 2.12 bits per heavy atom. The van der Waals surface area contributed by atoms with E-state index in [0.717, 1.165) is 20.1 Å². The Morgan fingerprint density at radius 1 is 1.35 bits per heavy atom. The zero-order valence-corrected chi connectivity index (χ0v) is 12.8. The van der Waals surface area contributed by atoms with Crippen LogP contribution in [0, 0.1) is 3.57 Å². The lowest BCUT2D eigenvalue weighted by Crippen LogP contribution is -2.06. The van der Waals surface area contributed by atoms with E-state index in [4.69, 9.17) is 0 Å². The molecule has 0 saturated heterocycles. The van der Waals surface area contributed by atoms with Crippen molar-refractivity contribution in [3.05, 3.63) is 20.8 Å². The minimum Gasteiger partial charge on any atom is -0.372 e. The summed E-state index contributed by atoms with van der Waals surface area (Å²) in [5.74, 6) is 1.94. The number of aromatic nitrogens is 3. The average molecular weight is 360 g/mol. The second kappa shape index (κ2) is 5.26. The van der Waals surface area contributed by atoms with Crippen molar-refractivity contribution in [1.29, 1.82) is 0 Å². The zero-order valence-electron chi connectivity index (χ0n) is 9.86. The van der Waals surface area contributed by atoms with Gasteiger partial charge in [0.2, 0.25) is 0 Å². The maximum absolute atomic E-state index is 4.61. The molecule has 0 aromatic carbocycles. The number of rotatable bonds is 3. The molecule has 2 rings (SSSR count). The van der Waals surface area contributed by atoms with Gasteiger partial charge in [-0.2, -0.15) is 0 Å². The summed E-state index contributed by atoms with van der Waals surface area (Å²) >= 11 is 3.84. The lowest BCUT2D eigenvalue weighted by atomic mass is 10.1. The van der Waals surface area contributed by atoms with Crippen LogP contribution < -0.4 is 5.32 Å². The number of nitrogens with zero attached hydrogens (tertiary/aromatic N) is 3. The fourth-order valence-corrected chi connectivity index (χ4v) is 3.14. The molecule has 2 aromatic rings. The summed E-state index contributed by atoms with van der Waals surface area (Å²) in [7, 11) is 1.88. The molecule has 0 radical (unpaired) electrons. The quantitative estimate of drug-likeness (QED) is 0.853. The molecule has 0 atom stereocenters. The van der Waals surface area contributed by atoms with Crippen LogP contribution in [0.1, 0.15) is 25.5 Å². The third kappa shape index (κ3) is 2.57. The van der Waals surface area contributed by atoms with Gasteiger partial charge in [0.15, 0.2) is 10.8 Å². The van der Waals surface area contributed by atoms with Gasteiger partial charge >= 0.3 is 0 Å². The van der Waals surface area contributed by atoms with Crippen molar-refractivity contribution in [3.63, 3.8) is 0 Å². The molecule has 0 aliphatic heterocycles. The molecule has 1 N–H and O–H groups in total. The van der Waals surface area contributed by atoms with Gasteiger partial charge in [-0.3, -0.25) is 0 Å². The zero-order chi connectivity index (χ0) is 12.4. The van der Waals surface area contributed by atoms with Crippen LogP contribution in [0.15, 0.2) is 11.6 Å². The van der Waals surface area contributed by atoms with Gasteiger partial charge in [0.25, 0.3) is 0 Å². The third-order valence-electron chi connectivity index (χ3n) is 2.28. The van der Waals surface area contributed by atoms with Crippen LogP contribution in [0.2, 0.25) is 0 Å². The van der Waals surface area contributed by atoms with E-state index in [1.165, 1.54) is 0 Å². The Bertz CT molecular complexity index is 510. The summed E-state index contributed by atoms with van der Waals surface area (Å²) in [5.41, 5.74) is 1.06. The Labute approximate surface area is 118 Å². The molecule has 2 aromatic heterocycles. The van der Waals surface area contributed by atoms with E-state index in [-0.39, 0.29) is 0 Å². The first kappa shape index (κ1) is 12.7. The van der Waals surface area contributed by atoms with Crippen molar-refractivity contribution in [1.82, 2.24) is 15.0 Å². The van der Waals surface area contributed by atoms with Crippen LogP contribution >= 0.6 is 33.9 Å². The van der Waals surface area contributed by atoms with Gasteiger partial charge in [0, 0.05) is 18.6 Å². The molecule has 0 unspecified atom stereocenters. The Morgan fingerprint density at radius 3 is 2.65 bits per heavy atom. The fourth-order valence-electron chi connectivity index (χ4n) is 1.44. The summed E-state index contributed by atoms with van der Waals surface area (Å²) in [6, 6.07) is 0. The molecule has 4 nitrogen and oxygen atoms in total. The number of anilines is 1. The number of thiazole rings is 1. The highest BCUT2D eigenvalue weighted by molar-refractivity contribution is 14.1. The molecule has 0 fully saturated rings. The van der Waals surface area contributed by atoms with Crippen molar-refractivity contribution < 1.29 is 0 Å². The predicted molar refractivity (Wildman–Crippen MR) is 79.5 cm³/mol. The molecule has 0 saturated carbocycles. The van der Waals surface area contributed by atoms with E-state index in [9.17, 15) is 0 Å². The summed E-state index contributed by atoms with van der Waals surface area (Å²) < 4.78 is 1.08. The van der Waals surface area contributed by atoms with E-state index in [0.29, 0.717) is 11.7 Å². The van der Waals surface area contributed by atoms with Gasteiger partial charge in [0.1, 0.15) is 5.82 Å². The van der Waals surface area contributed by atoms with Gasteiger partial charge in [-0.05, 0) is 28.5 Å². The SMILES string of the molecule is CNc1nc(-c2nccs2)nc(C(C)C)c1I. The third-order valence-corrected chi connectivity index (χ3v) is 4.12. The summed E-state index contributed by atoms with van der Waals surface area (Å²) in [4.78, 5) is 13.4. The smallest absolute Gasteiger partial charge is 0.190 e.